The molecule has 1 saturated heterocycles. The number of piperidine rings is 1. The monoisotopic (exact) mass is 342 g/mol. The predicted molar refractivity (Wildman–Crippen MR) is 81.6 cm³/mol. The van der Waals surface area contributed by atoms with Crippen LogP contribution in [0.4, 0.5) is 5.69 Å². The molecule has 0 aliphatic carbocycles. The molecule has 1 atom stereocenters. The van der Waals surface area contributed by atoms with E-state index in [0.717, 1.165) is 19.6 Å². The molecule has 9 heteroatoms. The highest BCUT2D eigenvalue weighted by Crippen LogP contribution is 2.33. The number of benzene rings is 1. The maximum atomic E-state index is 13.0. The van der Waals surface area contributed by atoms with E-state index in [2.05, 4.69) is 4.74 Å². The Balaban J connectivity index is 2.68. The quantitative estimate of drug-likeness (QED) is 0.470. The summed E-state index contributed by atoms with van der Waals surface area (Å²) in [5.41, 5.74) is -0.940. The van der Waals surface area contributed by atoms with Gasteiger partial charge in [0.2, 0.25) is 0 Å². The van der Waals surface area contributed by atoms with Gasteiger partial charge in [-0.15, -0.1) is 0 Å². The van der Waals surface area contributed by atoms with Crippen LogP contribution in [0.1, 0.15) is 36.5 Å². The third kappa shape index (κ3) is 3.20. The zero-order chi connectivity index (χ0) is 17.2. The number of carbonyl (C=O) groups excluding carboxylic acids is 1. The highest BCUT2D eigenvalue weighted by atomic mass is 32.2. The number of carbonyl (C=O) groups is 1. The molecular formula is C14H18N2O6S. The minimum Gasteiger partial charge on any atom is -0.465 e. The van der Waals surface area contributed by atoms with Crippen LogP contribution in [0.3, 0.4) is 0 Å². The lowest BCUT2D eigenvalue weighted by Crippen LogP contribution is -2.42. The Hall–Kier alpha value is -2.00. The van der Waals surface area contributed by atoms with Gasteiger partial charge in [-0.05, 0) is 25.8 Å². The lowest BCUT2D eigenvalue weighted by Gasteiger charge is -2.32. The van der Waals surface area contributed by atoms with Crippen LogP contribution in [-0.4, -0.2) is 43.3 Å². The Labute approximate surface area is 134 Å². The van der Waals surface area contributed by atoms with Crippen LogP contribution >= 0.6 is 0 Å². The van der Waals surface area contributed by atoms with Crippen LogP contribution in [0.5, 0.6) is 0 Å². The number of esters is 1. The second kappa shape index (κ2) is 6.63. The number of nitro benzene ring substituents is 1. The number of nitrogens with zero attached hydrogens (tertiary/aromatic N) is 2. The zero-order valence-corrected chi connectivity index (χ0v) is 13.7. The van der Waals surface area contributed by atoms with Crippen molar-refractivity contribution in [2.45, 2.75) is 37.1 Å². The summed E-state index contributed by atoms with van der Waals surface area (Å²) in [5, 5.41) is 11.3. The molecule has 0 radical (unpaired) electrons. The minimum absolute atomic E-state index is 0.274. The number of hydrogen-bond donors (Lipinski definition) is 0. The van der Waals surface area contributed by atoms with Gasteiger partial charge in [0.05, 0.1) is 17.6 Å². The second-order valence-electron chi connectivity index (χ2n) is 5.36. The van der Waals surface area contributed by atoms with Gasteiger partial charge < -0.3 is 4.74 Å². The van der Waals surface area contributed by atoms with E-state index in [1.54, 1.807) is 6.92 Å². The number of nitro groups is 1. The molecule has 126 valence electrons. The van der Waals surface area contributed by atoms with Gasteiger partial charge in [0.25, 0.3) is 15.7 Å². The minimum atomic E-state index is -4.18. The summed E-state index contributed by atoms with van der Waals surface area (Å²) in [6, 6.07) is 3.29. The van der Waals surface area contributed by atoms with E-state index in [0.29, 0.717) is 12.8 Å². The van der Waals surface area contributed by atoms with Crippen molar-refractivity contribution in [3.05, 3.63) is 33.9 Å². The standard InChI is InChI=1S/C14H18N2O6S/c1-10-6-3-4-9-15(10)23(20,21)13-11(14(17)22-2)7-5-8-12(13)16(18)19/h5,7-8,10H,3-4,6,9H2,1-2H3. The number of hydrogen-bond acceptors (Lipinski definition) is 6. The molecular weight excluding hydrogens is 324 g/mol. The Morgan fingerprint density at radius 3 is 2.65 bits per heavy atom. The first kappa shape index (κ1) is 17.4. The van der Waals surface area contributed by atoms with Crippen LogP contribution < -0.4 is 0 Å². The van der Waals surface area contributed by atoms with Crippen molar-refractivity contribution in [2.75, 3.05) is 13.7 Å². The van der Waals surface area contributed by atoms with E-state index >= 15 is 0 Å². The fourth-order valence-corrected chi connectivity index (χ4v) is 4.78. The number of methoxy groups -OCH3 is 1. The molecule has 0 bridgehead atoms. The van der Waals surface area contributed by atoms with E-state index < -0.39 is 31.5 Å². The van der Waals surface area contributed by atoms with Gasteiger partial charge in [0, 0.05) is 18.7 Å². The molecule has 1 fully saturated rings. The van der Waals surface area contributed by atoms with E-state index in [1.165, 1.54) is 16.4 Å². The molecule has 2 rings (SSSR count). The third-order valence-electron chi connectivity index (χ3n) is 3.90. The van der Waals surface area contributed by atoms with Gasteiger partial charge in [-0.1, -0.05) is 12.5 Å². The lowest BCUT2D eigenvalue weighted by atomic mass is 10.1. The summed E-state index contributed by atoms with van der Waals surface area (Å²) >= 11 is 0. The summed E-state index contributed by atoms with van der Waals surface area (Å²) in [7, 11) is -3.08. The summed E-state index contributed by atoms with van der Waals surface area (Å²) < 4.78 is 31.8. The first-order chi connectivity index (χ1) is 10.8. The fraction of sp³-hybridized carbons (Fsp3) is 0.500. The fourth-order valence-electron chi connectivity index (χ4n) is 2.76. The lowest BCUT2D eigenvalue weighted by molar-refractivity contribution is -0.387. The van der Waals surface area contributed by atoms with E-state index in [-0.39, 0.29) is 18.2 Å². The van der Waals surface area contributed by atoms with Crippen molar-refractivity contribution in [3.63, 3.8) is 0 Å². The normalized spacial score (nSPS) is 19.3. The summed E-state index contributed by atoms with van der Waals surface area (Å²) in [4.78, 5) is 21.8. The van der Waals surface area contributed by atoms with Crippen LogP contribution in [-0.2, 0) is 14.8 Å². The van der Waals surface area contributed by atoms with Gasteiger partial charge in [0.1, 0.15) is 0 Å². The Kier molecular flexibility index (Phi) is 5.00. The summed E-state index contributed by atoms with van der Waals surface area (Å²) in [6.07, 6.45) is 2.25. The van der Waals surface area contributed by atoms with Crippen LogP contribution in [0.15, 0.2) is 23.1 Å². The van der Waals surface area contributed by atoms with Crippen LogP contribution in [0, 0.1) is 10.1 Å². The first-order valence-electron chi connectivity index (χ1n) is 7.18. The van der Waals surface area contributed by atoms with Gasteiger partial charge in [-0.2, -0.15) is 4.31 Å². The van der Waals surface area contributed by atoms with Crippen molar-refractivity contribution >= 4 is 21.7 Å². The van der Waals surface area contributed by atoms with Gasteiger partial charge in [0.15, 0.2) is 4.90 Å². The molecule has 0 aromatic heterocycles. The maximum Gasteiger partial charge on any atom is 0.339 e. The van der Waals surface area contributed by atoms with Crippen molar-refractivity contribution in [2.24, 2.45) is 0 Å². The molecule has 1 aromatic rings. The Bertz CT molecular complexity index is 731. The molecule has 1 unspecified atom stereocenters. The van der Waals surface area contributed by atoms with E-state index in [4.69, 9.17) is 0 Å². The average molecular weight is 342 g/mol. The zero-order valence-electron chi connectivity index (χ0n) is 12.9. The van der Waals surface area contributed by atoms with Gasteiger partial charge in [-0.25, -0.2) is 13.2 Å². The second-order valence-corrected chi connectivity index (χ2v) is 7.19. The van der Waals surface area contributed by atoms with E-state index in [1.807, 2.05) is 0 Å². The van der Waals surface area contributed by atoms with Crippen molar-refractivity contribution < 1.29 is 22.9 Å². The van der Waals surface area contributed by atoms with Gasteiger partial charge in [-0.3, -0.25) is 10.1 Å². The Morgan fingerprint density at radius 2 is 2.09 bits per heavy atom. The number of ether oxygens (including phenoxy) is 1. The highest BCUT2D eigenvalue weighted by Gasteiger charge is 2.39. The molecule has 23 heavy (non-hydrogen) atoms. The SMILES string of the molecule is COC(=O)c1cccc([N+](=O)[O-])c1S(=O)(=O)N1CCCCC1C. The van der Waals surface area contributed by atoms with Crippen molar-refractivity contribution in [1.29, 1.82) is 0 Å². The van der Waals surface area contributed by atoms with Crippen LogP contribution in [0.2, 0.25) is 0 Å². The molecule has 1 heterocycles. The van der Waals surface area contributed by atoms with Crippen molar-refractivity contribution in [1.82, 2.24) is 4.31 Å². The highest BCUT2D eigenvalue weighted by molar-refractivity contribution is 7.89. The molecule has 0 amide bonds. The van der Waals surface area contributed by atoms with Gasteiger partial charge >= 0.3 is 5.97 Å². The number of sulfonamides is 1. The number of rotatable bonds is 4. The molecule has 8 nitrogen and oxygen atoms in total. The molecule has 1 aliphatic rings. The maximum absolute atomic E-state index is 13.0. The molecule has 0 N–H and O–H groups in total. The molecule has 0 spiro atoms. The van der Waals surface area contributed by atoms with Crippen molar-refractivity contribution in [3.8, 4) is 0 Å². The summed E-state index contributed by atoms with van der Waals surface area (Å²) in [6.45, 7) is 2.03. The smallest absolute Gasteiger partial charge is 0.339 e. The first-order valence-corrected chi connectivity index (χ1v) is 8.62. The molecule has 1 aromatic carbocycles. The van der Waals surface area contributed by atoms with E-state index in [9.17, 15) is 23.3 Å². The third-order valence-corrected chi connectivity index (χ3v) is 6.01. The average Bonchev–Trinajstić information content (AvgIpc) is 2.53. The molecule has 1 aliphatic heterocycles. The molecule has 0 saturated carbocycles. The Morgan fingerprint density at radius 1 is 1.39 bits per heavy atom. The summed E-state index contributed by atoms with van der Waals surface area (Å²) in [5.74, 6) is -0.920. The van der Waals surface area contributed by atoms with Crippen LogP contribution in [0.25, 0.3) is 0 Å². The largest absolute Gasteiger partial charge is 0.465 e. The predicted octanol–water partition coefficient (Wildman–Crippen LogP) is 1.94. The topological polar surface area (TPSA) is 107 Å².